The SMILES string of the molecule is CCCCCn1nc(C(=O)NC(C)(C)CN)c2ccccc2c1=O.Cl. The monoisotopic (exact) mass is 366 g/mol. The molecular formula is C18H27ClN4O2. The Morgan fingerprint density at radius 3 is 2.48 bits per heavy atom. The first-order chi connectivity index (χ1) is 11.4. The molecule has 6 nitrogen and oxygen atoms in total. The average molecular weight is 367 g/mol. The van der Waals surface area contributed by atoms with Gasteiger partial charge in [0.1, 0.15) is 0 Å². The molecule has 0 atom stereocenters. The zero-order valence-corrected chi connectivity index (χ0v) is 15.9. The third-order valence-corrected chi connectivity index (χ3v) is 4.02. The van der Waals surface area contributed by atoms with E-state index in [0.717, 1.165) is 19.3 Å². The lowest BCUT2D eigenvalue weighted by atomic mass is 10.0. The third-order valence-electron chi connectivity index (χ3n) is 4.02. The van der Waals surface area contributed by atoms with Crippen LogP contribution in [0.4, 0.5) is 0 Å². The van der Waals surface area contributed by atoms with E-state index < -0.39 is 5.54 Å². The molecule has 0 saturated carbocycles. The minimum atomic E-state index is -0.539. The van der Waals surface area contributed by atoms with Gasteiger partial charge in [0.15, 0.2) is 5.69 Å². The summed E-state index contributed by atoms with van der Waals surface area (Å²) in [4.78, 5) is 25.3. The number of halogens is 1. The first-order valence-electron chi connectivity index (χ1n) is 8.42. The highest BCUT2D eigenvalue weighted by Gasteiger charge is 2.23. The van der Waals surface area contributed by atoms with Gasteiger partial charge in [-0.2, -0.15) is 5.10 Å². The normalized spacial score (nSPS) is 11.2. The standard InChI is InChI=1S/C18H26N4O2.ClH/c1-4-5-8-11-22-17(24)14-10-7-6-9-13(14)15(21-22)16(23)20-18(2,3)12-19;/h6-7,9-10H,4-5,8,11-12,19H2,1-3H3,(H,20,23);1H. The second kappa shape index (κ2) is 8.97. The molecule has 1 heterocycles. The van der Waals surface area contributed by atoms with Crippen LogP contribution < -0.4 is 16.6 Å². The van der Waals surface area contributed by atoms with E-state index in [-0.39, 0.29) is 29.6 Å². The van der Waals surface area contributed by atoms with Crippen LogP contribution in [-0.2, 0) is 6.54 Å². The maximum Gasteiger partial charge on any atom is 0.274 e. The molecule has 7 heteroatoms. The highest BCUT2D eigenvalue weighted by atomic mass is 35.5. The van der Waals surface area contributed by atoms with Crippen molar-refractivity contribution in [2.75, 3.05) is 6.54 Å². The Hall–Kier alpha value is -1.92. The Kier molecular flexibility index (Phi) is 7.58. The van der Waals surface area contributed by atoms with Crippen molar-refractivity contribution in [1.29, 1.82) is 0 Å². The van der Waals surface area contributed by atoms with Crippen LogP contribution in [-0.4, -0.2) is 27.8 Å². The summed E-state index contributed by atoms with van der Waals surface area (Å²) in [7, 11) is 0. The largest absolute Gasteiger partial charge is 0.344 e. The molecule has 3 N–H and O–H groups in total. The van der Waals surface area contributed by atoms with Crippen LogP contribution in [0, 0.1) is 0 Å². The zero-order chi connectivity index (χ0) is 17.7. The quantitative estimate of drug-likeness (QED) is 0.736. The van der Waals surface area contributed by atoms with Crippen molar-refractivity contribution in [3.63, 3.8) is 0 Å². The minimum absolute atomic E-state index is 0. The Labute approximate surface area is 154 Å². The van der Waals surface area contributed by atoms with E-state index in [2.05, 4.69) is 17.3 Å². The van der Waals surface area contributed by atoms with Gasteiger partial charge in [-0.1, -0.05) is 38.0 Å². The van der Waals surface area contributed by atoms with Crippen LogP contribution in [0.1, 0.15) is 50.5 Å². The van der Waals surface area contributed by atoms with Gasteiger partial charge in [0, 0.05) is 24.0 Å². The van der Waals surface area contributed by atoms with E-state index in [9.17, 15) is 9.59 Å². The fraction of sp³-hybridized carbons (Fsp3) is 0.500. The molecule has 0 aliphatic rings. The maximum atomic E-state index is 12.7. The molecule has 0 fully saturated rings. The van der Waals surface area contributed by atoms with Gasteiger partial charge in [-0.25, -0.2) is 4.68 Å². The summed E-state index contributed by atoms with van der Waals surface area (Å²) < 4.78 is 1.41. The summed E-state index contributed by atoms with van der Waals surface area (Å²) in [6.45, 7) is 6.63. The lowest BCUT2D eigenvalue weighted by molar-refractivity contribution is 0.0910. The van der Waals surface area contributed by atoms with Crippen LogP contribution in [0.15, 0.2) is 29.1 Å². The molecule has 2 rings (SSSR count). The van der Waals surface area contributed by atoms with E-state index in [4.69, 9.17) is 5.73 Å². The van der Waals surface area contributed by atoms with Crippen LogP contribution in [0.3, 0.4) is 0 Å². The Bertz CT molecular complexity index is 786. The number of aryl methyl sites for hydroxylation is 1. The van der Waals surface area contributed by atoms with Crippen molar-refractivity contribution < 1.29 is 4.79 Å². The summed E-state index contributed by atoms with van der Waals surface area (Å²) in [6.07, 6.45) is 2.93. The Morgan fingerprint density at radius 2 is 1.88 bits per heavy atom. The number of rotatable bonds is 7. The molecule has 2 aromatic rings. The van der Waals surface area contributed by atoms with E-state index >= 15 is 0 Å². The lowest BCUT2D eigenvalue weighted by Gasteiger charge is -2.24. The first-order valence-corrected chi connectivity index (χ1v) is 8.42. The summed E-state index contributed by atoms with van der Waals surface area (Å²) in [6, 6.07) is 7.09. The van der Waals surface area contributed by atoms with Gasteiger partial charge < -0.3 is 11.1 Å². The lowest BCUT2D eigenvalue weighted by Crippen LogP contribution is -2.49. The Morgan fingerprint density at radius 1 is 1.24 bits per heavy atom. The van der Waals surface area contributed by atoms with Crippen LogP contribution in [0.25, 0.3) is 10.8 Å². The number of fused-ring (bicyclic) bond motifs is 1. The molecule has 0 bridgehead atoms. The minimum Gasteiger partial charge on any atom is -0.344 e. The van der Waals surface area contributed by atoms with Crippen LogP contribution in [0.2, 0.25) is 0 Å². The first kappa shape index (κ1) is 21.1. The van der Waals surface area contributed by atoms with Gasteiger partial charge in [0.05, 0.1) is 5.39 Å². The van der Waals surface area contributed by atoms with Gasteiger partial charge in [0.25, 0.3) is 11.5 Å². The number of nitrogens with zero attached hydrogens (tertiary/aromatic N) is 2. The Balaban J connectivity index is 0.00000312. The number of carbonyl (C=O) groups is 1. The molecular weight excluding hydrogens is 340 g/mol. The molecule has 0 spiro atoms. The molecule has 0 aliphatic carbocycles. The molecule has 0 radical (unpaired) electrons. The topological polar surface area (TPSA) is 90.0 Å². The number of carbonyl (C=O) groups excluding carboxylic acids is 1. The number of nitrogens with two attached hydrogens (primary N) is 1. The molecule has 25 heavy (non-hydrogen) atoms. The molecule has 0 unspecified atom stereocenters. The summed E-state index contributed by atoms with van der Waals surface area (Å²) in [5.74, 6) is -0.314. The molecule has 138 valence electrons. The summed E-state index contributed by atoms with van der Waals surface area (Å²) in [5, 5.41) is 8.31. The van der Waals surface area contributed by atoms with Crippen molar-refractivity contribution >= 4 is 29.1 Å². The number of benzene rings is 1. The number of hydrogen-bond acceptors (Lipinski definition) is 4. The van der Waals surface area contributed by atoms with Gasteiger partial charge in [-0.05, 0) is 26.3 Å². The fourth-order valence-electron chi connectivity index (χ4n) is 2.48. The zero-order valence-electron chi connectivity index (χ0n) is 15.0. The van der Waals surface area contributed by atoms with Gasteiger partial charge >= 0.3 is 0 Å². The van der Waals surface area contributed by atoms with Gasteiger partial charge in [-0.3, -0.25) is 9.59 Å². The smallest absolute Gasteiger partial charge is 0.274 e. The van der Waals surface area contributed by atoms with E-state index in [0.29, 0.717) is 23.9 Å². The van der Waals surface area contributed by atoms with Gasteiger partial charge in [-0.15, -0.1) is 12.4 Å². The van der Waals surface area contributed by atoms with Crippen LogP contribution in [0.5, 0.6) is 0 Å². The molecule has 0 aliphatic heterocycles. The van der Waals surface area contributed by atoms with Crippen LogP contribution >= 0.6 is 12.4 Å². The molecule has 0 saturated heterocycles. The molecule has 1 amide bonds. The molecule has 1 aromatic heterocycles. The summed E-state index contributed by atoms with van der Waals surface area (Å²) in [5.41, 5.74) is 5.26. The number of unbranched alkanes of at least 4 members (excludes halogenated alkanes) is 2. The number of aromatic nitrogens is 2. The third kappa shape index (κ3) is 5.03. The summed E-state index contributed by atoms with van der Waals surface area (Å²) >= 11 is 0. The predicted molar refractivity (Wildman–Crippen MR) is 103 cm³/mol. The average Bonchev–Trinajstić information content (AvgIpc) is 2.56. The predicted octanol–water partition coefficient (Wildman–Crippen LogP) is 2.48. The van der Waals surface area contributed by atoms with E-state index in [1.165, 1.54) is 4.68 Å². The highest BCUT2D eigenvalue weighted by molar-refractivity contribution is 6.05. The van der Waals surface area contributed by atoms with Gasteiger partial charge in [0.2, 0.25) is 0 Å². The number of amides is 1. The van der Waals surface area contributed by atoms with Crippen molar-refractivity contribution in [3.05, 3.63) is 40.3 Å². The van der Waals surface area contributed by atoms with Crippen molar-refractivity contribution in [2.45, 2.75) is 52.1 Å². The molecule has 1 aromatic carbocycles. The number of nitrogens with one attached hydrogen (secondary N) is 1. The van der Waals surface area contributed by atoms with E-state index in [1.54, 1.807) is 24.3 Å². The number of hydrogen-bond donors (Lipinski definition) is 2. The fourth-order valence-corrected chi connectivity index (χ4v) is 2.48. The second-order valence-electron chi connectivity index (χ2n) is 6.67. The second-order valence-corrected chi connectivity index (χ2v) is 6.67. The maximum absolute atomic E-state index is 12.7. The van der Waals surface area contributed by atoms with Crippen molar-refractivity contribution in [1.82, 2.24) is 15.1 Å². The highest BCUT2D eigenvalue weighted by Crippen LogP contribution is 2.14. The van der Waals surface area contributed by atoms with E-state index in [1.807, 2.05) is 13.8 Å². The van der Waals surface area contributed by atoms with Crippen molar-refractivity contribution in [3.8, 4) is 0 Å². The van der Waals surface area contributed by atoms with Crippen molar-refractivity contribution in [2.24, 2.45) is 5.73 Å².